The van der Waals surface area contributed by atoms with Crippen LogP contribution in [0.5, 0.6) is 11.5 Å². The van der Waals surface area contributed by atoms with Gasteiger partial charge in [0.1, 0.15) is 17.3 Å². The maximum atomic E-state index is 13.6. The maximum absolute atomic E-state index is 13.6. The van der Waals surface area contributed by atoms with E-state index >= 15 is 0 Å². The molecule has 0 aliphatic heterocycles. The SMILES string of the molecule is COc1cccc(OC)c1C(N)c1cccc(F)c1Cl. The van der Waals surface area contributed by atoms with Gasteiger partial charge in [-0.3, -0.25) is 0 Å². The molecular weight excluding hydrogens is 281 g/mol. The standard InChI is InChI=1S/C15H15ClFNO2/c1-19-11-7-4-8-12(20-2)13(11)15(18)9-5-3-6-10(17)14(9)16/h3-8,15H,18H2,1-2H3. The van der Waals surface area contributed by atoms with E-state index in [4.69, 9.17) is 26.8 Å². The molecule has 20 heavy (non-hydrogen) atoms. The first kappa shape index (κ1) is 14.6. The van der Waals surface area contributed by atoms with Crippen molar-refractivity contribution in [2.45, 2.75) is 6.04 Å². The third-order valence-electron chi connectivity index (χ3n) is 3.09. The van der Waals surface area contributed by atoms with Crippen LogP contribution in [0.3, 0.4) is 0 Å². The molecule has 5 heteroatoms. The highest BCUT2D eigenvalue weighted by molar-refractivity contribution is 6.31. The van der Waals surface area contributed by atoms with Gasteiger partial charge >= 0.3 is 0 Å². The van der Waals surface area contributed by atoms with Crippen LogP contribution in [-0.4, -0.2) is 14.2 Å². The minimum Gasteiger partial charge on any atom is -0.496 e. The summed E-state index contributed by atoms with van der Waals surface area (Å²) in [7, 11) is 3.08. The van der Waals surface area contributed by atoms with Gasteiger partial charge in [-0.1, -0.05) is 29.8 Å². The normalized spacial score (nSPS) is 12.1. The van der Waals surface area contributed by atoms with Crippen LogP contribution in [-0.2, 0) is 0 Å². The summed E-state index contributed by atoms with van der Waals surface area (Å²) in [6.45, 7) is 0. The largest absolute Gasteiger partial charge is 0.496 e. The van der Waals surface area contributed by atoms with Crippen molar-refractivity contribution in [2.75, 3.05) is 14.2 Å². The fraction of sp³-hybridized carbons (Fsp3) is 0.200. The Labute approximate surface area is 122 Å². The number of halogens is 2. The Kier molecular flexibility index (Phi) is 4.47. The lowest BCUT2D eigenvalue weighted by molar-refractivity contribution is 0.382. The monoisotopic (exact) mass is 295 g/mol. The molecule has 0 radical (unpaired) electrons. The Bertz CT molecular complexity index is 597. The number of nitrogens with two attached hydrogens (primary N) is 1. The van der Waals surface area contributed by atoms with E-state index in [1.165, 1.54) is 20.3 Å². The zero-order valence-corrected chi connectivity index (χ0v) is 11.9. The van der Waals surface area contributed by atoms with Crippen molar-refractivity contribution in [1.29, 1.82) is 0 Å². The molecule has 0 bridgehead atoms. The highest BCUT2D eigenvalue weighted by atomic mass is 35.5. The summed E-state index contributed by atoms with van der Waals surface area (Å²) in [6, 6.07) is 9.22. The minimum atomic E-state index is -0.649. The Hall–Kier alpha value is -1.78. The Morgan fingerprint density at radius 1 is 1.05 bits per heavy atom. The van der Waals surface area contributed by atoms with Crippen molar-refractivity contribution in [1.82, 2.24) is 0 Å². The first-order valence-corrected chi connectivity index (χ1v) is 6.38. The van der Waals surface area contributed by atoms with Crippen LogP contribution in [0.4, 0.5) is 4.39 Å². The van der Waals surface area contributed by atoms with Gasteiger partial charge in [-0.15, -0.1) is 0 Å². The number of methoxy groups -OCH3 is 2. The lowest BCUT2D eigenvalue weighted by Crippen LogP contribution is -2.15. The number of ether oxygens (including phenoxy) is 2. The van der Waals surface area contributed by atoms with Gasteiger partial charge < -0.3 is 15.2 Å². The molecule has 0 saturated heterocycles. The average Bonchev–Trinajstić information content (AvgIpc) is 2.48. The van der Waals surface area contributed by atoms with Crippen molar-refractivity contribution in [3.63, 3.8) is 0 Å². The van der Waals surface area contributed by atoms with Crippen molar-refractivity contribution < 1.29 is 13.9 Å². The lowest BCUT2D eigenvalue weighted by Gasteiger charge is -2.20. The molecule has 2 aromatic rings. The van der Waals surface area contributed by atoms with Crippen LogP contribution in [0.1, 0.15) is 17.2 Å². The summed E-state index contributed by atoms with van der Waals surface area (Å²) in [5, 5.41) is 0.00737. The van der Waals surface area contributed by atoms with Crippen molar-refractivity contribution in [2.24, 2.45) is 5.73 Å². The van der Waals surface area contributed by atoms with Gasteiger partial charge in [0.05, 0.1) is 30.8 Å². The lowest BCUT2D eigenvalue weighted by atomic mass is 9.97. The van der Waals surface area contributed by atoms with E-state index < -0.39 is 11.9 Å². The van der Waals surface area contributed by atoms with E-state index in [1.54, 1.807) is 30.3 Å². The van der Waals surface area contributed by atoms with Crippen molar-refractivity contribution in [3.8, 4) is 11.5 Å². The highest BCUT2D eigenvalue weighted by Crippen LogP contribution is 2.38. The van der Waals surface area contributed by atoms with Crippen molar-refractivity contribution in [3.05, 3.63) is 58.4 Å². The van der Waals surface area contributed by atoms with Gasteiger partial charge in [0.25, 0.3) is 0 Å². The minimum absolute atomic E-state index is 0.00737. The topological polar surface area (TPSA) is 44.5 Å². The van der Waals surface area contributed by atoms with E-state index in [2.05, 4.69) is 0 Å². The van der Waals surface area contributed by atoms with Gasteiger partial charge in [0, 0.05) is 0 Å². The molecule has 0 saturated carbocycles. The molecule has 0 aromatic heterocycles. The molecule has 106 valence electrons. The van der Waals surface area contributed by atoms with E-state index in [0.29, 0.717) is 22.6 Å². The highest BCUT2D eigenvalue weighted by Gasteiger charge is 2.22. The smallest absolute Gasteiger partial charge is 0.142 e. The number of hydrogen-bond donors (Lipinski definition) is 1. The molecule has 2 aromatic carbocycles. The summed E-state index contributed by atoms with van der Waals surface area (Å²) in [4.78, 5) is 0. The summed E-state index contributed by atoms with van der Waals surface area (Å²) < 4.78 is 24.2. The van der Waals surface area contributed by atoms with Crippen LogP contribution in [0, 0.1) is 5.82 Å². The fourth-order valence-electron chi connectivity index (χ4n) is 2.10. The van der Waals surface area contributed by atoms with E-state index in [-0.39, 0.29) is 5.02 Å². The number of benzene rings is 2. The molecule has 0 spiro atoms. The second kappa shape index (κ2) is 6.11. The number of hydrogen-bond acceptors (Lipinski definition) is 3. The Balaban J connectivity index is 2.58. The molecule has 0 aliphatic carbocycles. The Morgan fingerprint density at radius 3 is 2.15 bits per heavy atom. The second-order valence-corrected chi connectivity index (χ2v) is 4.57. The van der Waals surface area contributed by atoms with Gasteiger partial charge in [0.15, 0.2) is 0 Å². The molecule has 0 fully saturated rings. The third kappa shape index (κ3) is 2.57. The van der Waals surface area contributed by atoms with Crippen LogP contribution >= 0.6 is 11.6 Å². The molecule has 0 heterocycles. The molecule has 3 nitrogen and oxygen atoms in total. The second-order valence-electron chi connectivity index (χ2n) is 4.20. The quantitative estimate of drug-likeness (QED) is 0.938. The maximum Gasteiger partial charge on any atom is 0.142 e. The summed E-state index contributed by atoms with van der Waals surface area (Å²) in [6.07, 6.45) is 0. The van der Waals surface area contributed by atoms with Gasteiger partial charge in [-0.25, -0.2) is 4.39 Å². The molecule has 0 amide bonds. The van der Waals surface area contributed by atoms with Crippen LogP contribution in [0.15, 0.2) is 36.4 Å². The van der Waals surface area contributed by atoms with Gasteiger partial charge in [-0.2, -0.15) is 0 Å². The van der Waals surface area contributed by atoms with E-state index in [9.17, 15) is 4.39 Å². The van der Waals surface area contributed by atoms with Gasteiger partial charge in [-0.05, 0) is 23.8 Å². The van der Waals surface area contributed by atoms with Crippen LogP contribution < -0.4 is 15.2 Å². The predicted octanol–water partition coefficient (Wildman–Crippen LogP) is 3.54. The first-order chi connectivity index (χ1) is 9.60. The van der Waals surface area contributed by atoms with Crippen molar-refractivity contribution >= 4 is 11.6 Å². The predicted molar refractivity (Wildman–Crippen MR) is 77.0 cm³/mol. The van der Waals surface area contributed by atoms with E-state index in [1.807, 2.05) is 0 Å². The molecule has 2 N–H and O–H groups in total. The van der Waals surface area contributed by atoms with Gasteiger partial charge in [0.2, 0.25) is 0 Å². The van der Waals surface area contributed by atoms with Crippen LogP contribution in [0.2, 0.25) is 5.02 Å². The number of rotatable bonds is 4. The zero-order chi connectivity index (χ0) is 14.7. The molecular formula is C15H15ClFNO2. The molecule has 1 atom stereocenters. The third-order valence-corrected chi connectivity index (χ3v) is 3.49. The zero-order valence-electron chi connectivity index (χ0n) is 11.2. The molecule has 2 rings (SSSR count). The summed E-state index contributed by atoms with van der Waals surface area (Å²) >= 11 is 5.99. The van der Waals surface area contributed by atoms with E-state index in [0.717, 1.165) is 0 Å². The summed E-state index contributed by atoms with van der Waals surface area (Å²) in [5.74, 6) is 0.628. The molecule has 1 unspecified atom stereocenters. The first-order valence-electron chi connectivity index (χ1n) is 6.00. The fourth-order valence-corrected chi connectivity index (χ4v) is 2.35. The average molecular weight is 296 g/mol. The molecule has 0 aliphatic rings. The summed E-state index contributed by atoms with van der Waals surface area (Å²) in [5.41, 5.74) is 7.34. The van der Waals surface area contributed by atoms with Crippen LogP contribution in [0.25, 0.3) is 0 Å². The Morgan fingerprint density at radius 2 is 1.60 bits per heavy atom.